The van der Waals surface area contributed by atoms with E-state index in [-0.39, 0.29) is 61.9 Å². The molecule has 6 N–H and O–H groups in total. The van der Waals surface area contributed by atoms with Gasteiger partial charge >= 0.3 is 8.25 Å². The van der Waals surface area contributed by atoms with Crippen LogP contribution in [0, 0.1) is 0 Å². The second kappa shape index (κ2) is 8.88. The molecule has 0 amide bonds. The van der Waals surface area contributed by atoms with Crippen molar-refractivity contribution in [3.8, 4) is 0 Å². The highest BCUT2D eigenvalue weighted by Gasteiger charge is 2.21. The van der Waals surface area contributed by atoms with Crippen LogP contribution in [0.25, 0.3) is 0 Å². The first-order chi connectivity index (χ1) is 12.3. The molecule has 2 rings (SSSR count). The summed E-state index contributed by atoms with van der Waals surface area (Å²) in [5.41, 5.74) is 8.63. The fourth-order valence-corrected chi connectivity index (χ4v) is 2.67. The van der Waals surface area contributed by atoms with Crippen molar-refractivity contribution in [1.29, 1.82) is 0 Å². The summed E-state index contributed by atoms with van der Waals surface area (Å²) in [5.74, 6) is 0. The molecule has 0 unspecified atom stereocenters. The van der Waals surface area contributed by atoms with Gasteiger partial charge in [-0.2, -0.15) is 0 Å². The van der Waals surface area contributed by atoms with E-state index in [9.17, 15) is 23.7 Å². The highest BCUT2D eigenvalue weighted by atomic mass is 31.1. The first-order valence-electron chi connectivity index (χ1n) is 7.64. The Labute approximate surface area is 147 Å². The highest BCUT2D eigenvalue weighted by Crippen LogP contribution is 2.22. The number of anilines is 2. The van der Waals surface area contributed by atoms with Gasteiger partial charge in [-0.1, -0.05) is 0 Å². The number of nitrogens with two attached hydrogens (primary N) is 2. The van der Waals surface area contributed by atoms with E-state index >= 15 is 0 Å². The van der Waals surface area contributed by atoms with Crippen LogP contribution in [0.5, 0.6) is 0 Å². The van der Waals surface area contributed by atoms with Crippen LogP contribution < -0.4 is 43.8 Å². The molecule has 140 valence electrons. The SMILES string of the molecule is Nc1c(CNCCO[P+](=O)OCCNCc2c(N)c(=O)c2=O)c(=O)c1=O. The molecule has 0 aromatic heterocycles. The summed E-state index contributed by atoms with van der Waals surface area (Å²) in [4.78, 5) is 44.1. The van der Waals surface area contributed by atoms with Crippen molar-refractivity contribution < 1.29 is 13.6 Å². The van der Waals surface area contributed by atoms with E-state index in [1.54, 1.807) is 0 Å². The zero-order chi connectivity index (χ0) is 19.3. The van der Waals surface area contributed by atoms with Crippen LogP contribution in [-0.4, -0.2) is 26.3 Å². The topological polar surface area (TPSA) is 180 Å². The van der Waals surface area contributed by atoms with Gasteiger partial charge in [0.15, 0.2) is 0 Å². The Morgan fingerprint density at radius 3 is 1.46 bits per heavy atom. The molecule has 0 fully saturated rings. The van der Waals surface area contributed by atoms with Crippen molar-refractivity contribution in [3.05, 3.63) is 52.0 Å². The lowest BCUT2D eigenvalue weighted by atomic mass is 10.1. The molecule has 0 heterocycles. The molecule has 26 heavy (non-hydrogen) atoms. The van der Waals surface area contributed by atoms with E-state index in [4.69, 9.17) is 20.5 Å². The van der Waals surface area contributed by atoms with Crippen molar-refractivity contribution in [2.75, 3.05) is 37.8 Å². The summed E-state index contributed by atoms with van der Waals surface area (Å²) in [6.07, 6.45) is 0. The lowest BCUT2D eigenvalue weighted by Crippen LogP contribution is -2.40. The zero-order valence-electron chi connectivity index (χ0n) is 13.7. The minimum absolute atomic E-state index is 0.0317. The lowest BCUT2D eigenvalue weighted by molar-refractivity contribution is 0.225. The molecule has 0 aliphatic carbocycles. The van der Waals surface area contributed by atoms with Gasteiger partial charge in [0, 0.05) is 41.9 Å². The maximum atomic E-state index is 11.5. The minimum Gasteiger partial charge on any atom is -0.395 e. The van der Waals surface area contributed by atoms with Crippen LogP contribution in [0.15, 0.2) is 19.2 Å². The van der Waals surface area contributed by atoms with E-state index in [1.807, 2.05) is 0 Å². The summed E-state index contributed by atoms with van der Waals surface area (Å²) in [5, 5.41) is 5.66. The Kier molecular flexibility index (Phi) is 6.83. The number of nitrogens with one attached hydrogen (secondary N) is 2. The number of rotatable bonds is 12. The van der Waals surface area contributed by atoms with Crippen molar-refractivity contribution in [3.63, 3.8) is 0 Å². The molecule has 0 saturated carbocycles. The summed E-state index contributed by atoms with van der Waals surface area (Å²) >= 11 is 0. The second-order valence-corrected chi connectivity index (χ2v) is 6.31. The zero-order valence-corrected chi connectivity index (χ0v) is 14.6. The molecule has 0 aliphatic heterocycles. The quantitative estimate of drug-likeness (QED) is 0.174. The van der Waals surface area contributed by atoms with Crippen LogP contribution in [0.4, 0.5) is 11.4 Å². The molecule has 0 atom stereocenters. The van der Waals surface area contributed by atoms with Crippen LogP contribution in [-0.2, 0) is 26.7 Å². The van der Waals surface area contributed by atoms with Gasteiger partial charge in [-0.15, -0.1) is 9.05 Å². The highest BCUT2D eigenvalue weighted by molar-refractivity contribution is 7.33. The summed E-state index contributed by atoms with van der Waals surface area (Å²) in [6, 6.07) is 0. The van der Waals surface area contributed by atoms with Crippen molar-refractivity contribution in [2.24, 2.45) is 0 Å². The maximum Gasteiger partial charge on any atom is 0.697 e. The Morgan fingerprint density at radius 2 is 1.12 bits per heavy atom. The monoisotopic (exact) mass is 385 g/mol. The van der Waals surface area contributed by atoms with E-state index in [0.29, 0.717) is 0 Å². The van der Waals surface area contributed by atoms with Gasteiger partial charge in [0.2, 0.25) is 21.7 Å². The predicted octanol–water partition coefficient (Wildman–Crippen LogP) is -2.39. The molecule has 0 saturated heterocycles. The third-order valence-electron chi connectivity index (χ3n) is 3.65. The van der Waals surface area contributed by atoms with E-state index in [2.05, 4.69) is 10.6 Å². The molecule has 0 bridgehead atoms. The van der Waals surface area contributed by atoms with Crippen LogP contribution in [0.2, 0.25) is 0 Å². The van der Waals surface area contributed by atoms with Gasteiger partial charge in [-0.3, -0.25) is 19.2 Å². The number of hydrogen-bond acceptors (Lipinski definition) is 11. The average Bonchev–Trinajstić information content (AvgIpc) is 2.65. The third-order valence-corrected chi connectivity index (χ3v) is 4.44. The van der Waals surface area contributed by atoms with Crippen molar-refractivity contribution in [1.82, 2.24) is 10.6 Å². The molecule has 2 aromatic rings. The van der Waals surface area contributed by atoms with Gasteiger partial charge in [0.25, 0.3) is 0 Å². The van der Waals surface area contributed by atoms with Crippen LogP contribution in [0.1, 0.15) is 11.1 Å². The molecule has 0 spiro atoms. The van der Waals surface area contributed by atoms with Gasteiger partial charge in [-0.05, 0) is 0 Å². The van der Waals surface area contributed by atoms with Gasteiger partial charge < -0.3 is 22.1 Å². The second-order valence-electron chi connectivity index (χ2n) is 5.34. The summed E-state index contributed by atoms with van der Waals surface area (Å²) in [7, 11) is -2.32. The molecule has 0 radical (unpaired) electrons. The Morgan fingerprint density at radius 1 is 0.731 bits per heavy atom. The molecule has 0 aliphatic rings. The summed E-state index contributed by atoms with van der Waals surface area (Å²) < 4.78 is 21.3. The molecular weight excluding hydrogens is 367 g/mol. The Hall–Kier alpha value is -2.30. The fourth-order valence-electron chi connectivity index (χ4n) is 2.11. The molecule has 12 heteroatoms. The summed E-state index contributed by atoms with van der Waals surface area (Å²) in [6.45, 7) is 0.980. The van der Waals surface area contributed by atoms with Gasteiger partial charge in [0.05, 0.1) is 11.4 Å². The van der Waals surface area contributed by atoms with Crippen LogP contribution >= 0.6 is 8.25 Å². The van der Waals surface area contributed by atoms with Crippen molar-refractivity contribution in [2.45, 2.75) is 13.1 Å². The lowest BCUT2D eigenvalue weighted by Gasteiger charge is -2.07. The van der Waals surface area contributed by atoms with E-state index in [0.717, 1.165) is 0 Å². The minimum atomic E-state index is -2.32. The number of hydrogen-bond donors (Lipinski definition) is 4. The van der Waals surface area contributed by atoms with E-state index in [1.165, 1.54) is 0 Å². The van der Waals surface area contributed by atoms with Crippen molar-refractivity contribution >= 4 is 19.6 Å². The molecule has 2 aromatic carbocycles. The molecular formula is C14H18N4O7P+. The Bertz CT molecular complexity index is 865. The number of nitrogen functional groups attached to an aromatic ring is 2. The normalized spacial score (nSPS) is 11.4. The van der Waals surface area contributed by atoms with Gasteiger partial charge in [-0.25, -0.2) is 0 Å². The first-order valence-corrected chi connectivity index (χ1v) is 8.74. The van der Waals surface area contributed by atoms with Crippen LogP contribution in [0.3, 0.4) is 0 Å². The average molecular weight is 385 g/mol. The fraction of sp³-hybridized carbons (Fsp3) is 0.429. The maximum absolute atomic E-state index is 11.5. The standard InChI is InChI=1S/C14H17N4O7P/c15-9-7(11(19)13(9)21)5-17-1-3-24-26(23)25-4-2-18-6-8-10(16)14(22)12(8)20/h17-18H,1-6H2,(H3-,15,16,19,20)/p+1. The molecule has 11 nitrogen and oxygen atoms in total. The smallest absolute Gasteiger partial charge is 0.395 e. The van der Waals surface area contributed by atoms with Gasteiger partial charge in [0.1, 0.15) is 13.2 Å². The predicted molar refractivity (Wildman–Crippen MR) is 94.5 cm³/mol. The largest absolute Gasteiger partial charge is 0.697 e. The Balaban J connectivity index is 1.49. The third kappa shape index (κ3) is 4.45. The van der Waals surface area contributed by atoms with E-state index < -0.39 is 30.0 Å². The first kappa shape index (κ1) is 20.0.